The maximum Gasteiger partial charge on any atom is 0.254 e. The average molecular weight is 463 g/mol. The molecular formula is C26H30N4O2S. The van der Waals surface area contributed by atoms with Crippen LogP contribution in [-0.4, -0.2) is 45.1 Å². The van der Waals surface area contributed by atoms with E-state index in [1.807, 2.05) is 35.4 Å². The lowest BCUT2D eigenvalue weighted by molar-refractivity contribution is 0.0724. The highest BCUT2D eigenvalue weighted by molar-refractivity contribution is 7.18. The van der Waals surface area contributed by atoms with Crippen molar-refractivity contribution in [2.45, 2.75) is 45.6 Å². The minimum Gasteiger partial charge on any atom is -0.494 e. The normalized spacial score (nSPS) is 16.8. The highest BCUT2D eigenvalue weighted by atomic mass is 32.1. The van der Waals surface area contributed by atoms with Gasteiger partial charge in [0, 0.05) is 42.5 Å². The minimum absolute atomic E-state index is 0.0789. The number of thiophene rings is 1. The van der Waals surface area contributed by atoms with E-state index in [4.69, 9.17) is 9.72 Å². The van der Waals surface area contributed by atoms with Crippen LogP contribution in [-0.2, 0) is 13.6 Å². The Morgan fingerprint density at radius 3 is 2.67 bits per heavy atom. The fraction of sp³-hybridized carbons (Fsp3) is 0.462. The SMILES string of the molecule is COc1cc(C(=O)N2CCCCC2)cc2nc(-c3cc4cc(C)sc4n3CC3CC3)n(C)c12. The Morgan fingerprint density at radius 2 is 1.94 bits per heavy atom. The van der Waals surface area contributed by atoms with Crippen molar-refractivity contribution in [1.29, 1.82) is 0 Å². The van der Waals surface area contributed by atoms with Crippen LogP contribution in [0.15, 0.2) is 24.3 Å². The summed E-state index contributed by atoms with van der Waals surface area (Å²) in [5.74, 6) is 2.47. The molecule has 1 saturated heterocycles. The molecule has 1 amide bonds. The molecule has 172 valence electrons. The number of hydrogen-bond acceptors (Lipinski definition) is 4. The molecule has 0 atom stereocenters. The Morgan fingerprint density at radius 1 is 1.15 bits per heavy atom. The molecule has 0 spiro atoms. The van der Waals surface area contributed by atoms with Gasteiger partial charge in [-0.2, -0.15) is 0 Å². The van der Waals surface area contributed by atoms with Crippen LogP contribution in [0.2, 0.25) is 0 Å². The summed E-state index contributed by atoms with van der Waals surface area (Å²) in [6, 6.07) is 8.37. The molecule has 0 N–H and O–H groups in total. The Balaban J connectivity index is 1.48. The number of hydrogen-bond donors (Lipinski definition) is 0. The first kappa shape index (κ1) is 20.8. The smallest absolute Gasteiger partial charge is 0.254 e. The quantitative estimate of drug-likeness (QED) is 0.387. The third-order valence-electron chi connectivity index (χ3n) is 7.10. The molecule has 0 bridgehead atoms. The number of amides is 1. The van der Waals surface area contributed by atoms with Crippen molar-refractivity contribution in [1.82, 2.24) is 19.0 Å². The Kier molecular flexibility index (Phi) is 4.98. The van der Waals surface area contributed by atoms with Crippen LogP contribution in [0.1, 0.15) is 47.3 Å². The van der Waals surface area contributed by atoms with E-state index in [-0.39, 0.29) is 5.91 Å². The zero-order chi connectivity index (χ0) is 22.7. The van der Waals surface area contributed by atoms with Gasteiger partial charge in [0.25, 0.3) is 5.91 Å². The van der Waals surface area contributed by atoms with E-state index < -0.39 is 0 Å². The summed E-state index contributed by atoms with van der Waals surface area (Å²) < 4.78 is 10.3. The summed E-state index contributed by atoms with van der Waals surface area (Å²) in [4.78, 5) is 22.9. The zero-order valence-corrected chi connectivity index (χ0v) is 20.4. The van der Waals surface area contributed by atoms with Gasteiger partial charge in [0.15, 0.2) is 5.82 Å². The number of carbonyl (C=O) groups is 1. The molecule has 1 aliphatic heterocycles. The summed E-state index contributed by atoms with van der Waals surface area (Å²) in [6.45, 7) is 4.87. The van der Waals surface area contributed by atoms with Crippen molar-refractivity contribution in [3.63, 3.8) is 0 Å². The van der Waals surface area contributed by atoms with Gasteiger partial charge in [0.1, 0.15) is 16.1 Å². The summed E-state index contributed by atoms with van der Waals surface area (Å²) in [5, 5.41) is 1.29. The predicted molar refractivity (Wildman–Crippen MR) is 133 cm³/mol. The number of methoxy groups -OCH3 is 1. The fourth-order valence-electron chi connectivity index (χ4n) is 5.19. The van der Waals surface area contributed by atoms with Gasteiger partial charge in [-0.25, -0.2) is 4.98 Å². The van der Waals surface area contributed by atoms with Gasteiger partial charge in [0.05, 0.1) is 18.3 Å². The molecule has 0 unspecified atom stereocenters. The lowest BCUT2D eigenvalue weighted by Gasteiger charge is -2.26. The van der Waals surface area contributed by atoms with E-state index in [0.717, 1.165) is 60.9 Å². The molecular weight excluding hydrogens is 432 g/mol. The standard InChI is InChI=1S/C26H30N4O2S/c1-16-11-19-13-21(30(26(19)33-16)15-17-7-8-17)24-27-20-12-18(14-22(32-3)23(20)28(24)2)25(31)29-9-5-4-6-10-29/h11-14,17H,4-10,15H2,1-3H3. The monoisotopic (exact) mass is 462 g/mol. The topological polar surface area (TPSA) is 52.3 Å². The van der Waals surface area contributed by atoms with Gasteiger partial charge in [0.2, 0.25) is 0 Å². The number of carbonyl (C=O) groups excluding carboxylic acids is 1. The molecule has 0 radical (unpaired) electrons. The van der Waals surface area contributed by atoms with Crippen LogP contribution in [0.3, 0.4) is 0 Å². The first-order valence-corrected chi connectivity index (χ1v) is 12.8. The molecule has 4 heterocycles. The van der Waals surface area contributed by atoms with E-state index in [9.17, 15) is 4.79 Å². The number of aryl methyl sites for hydroxylation is 2. The number of rotatable bonds is 5. The van der Waals surface area contributed by atoms with E-state index in [0.29, 0.717) is 11.3 Å². The predicted octanol–water partition coefficient (Wildman–Crippen LogP) is 5.61. The van der Waals surface area contributed by atoms with Gasteiger partial charge in [-0.1, -0.05) is 0 Å². The second-order valence-corrected chi connectivity index (χ2v) is 10.8. The number of ether oxygens (including phenoxy) is 1. The van der Waals surface area contributed by atoms with Gasteiger partial charge in [-0.3, -0.25) is 4.79 Å². The largest absolute Gasteiger partial charge is 0.494 e. The zero-order valence-electron chi connectivity index (χ0n) is 19.6. The van der Waals surface area contributed by atoms with Crippen LogP contribution in [0, 0.1) is 12.8 Å². The molecule has 6 nitrogen and oxygen atoms in total. The molecule has 2 fully saturated rings. The van der Waals surface area contributed by atoms with E-state index in [2.05, 4.69) is 28.2 Å². The molecule has 4 aromatic rings. The minimum atomic E-state index is 0.0789. The summed E-state index contributed by atoms with van der Waals surface area (Å²) in [6.07, 6.45) is 5.97. The Bertz CT molecular complexity index is 1370. The number of aromatic nitrogens is 3. The van der Waals surface area contributed by atoms with Crippen molar-refractivity contribution >= 4 is 38.5 Å². The molecule has 1 aromatic carbocycles. The molecule has 7 heteroatoms. The Labute approximate surface area is 197 Å². The van der Waals surface area contributed by atoms with Crippen molar-refractivity contribution in [2.75, 3.05) is 20.2 Å². The number of fused-ring (bicyclic) bond motifs is 2. The second kappa shape index (κ2) is 7.90. The van der Waals surface area contributed by atoms with Gasteiger partial charge in [-0.05, 0) is 69.2 Å². The van der Waals surface area contributed by atoms with Crippen molar-refractivity contribution in [2.24, 2.45) is 13.0 Å². The lowest BCUT2D eigenvalue weighted by Crippen LogP contribution is -2.35. The summed E-state index contributed by atoms with van der Waals surface area (Å²) in [5.41, 5.74) is 3.55. The highest BCUT2D eigenvalue weighted by Crippen LogP contribution is 2.40. The summed E-state index contributed by atoms with van der Waals surface area (Å²) >= 11 is 1.86. The summed E-state index contributed by atoms with van der Waals surface area (Å²) in [7, 11) is 3.72. The van der Waals surface area contributed by atoms with Crippen LogP contribution in [0.25, 0.3) is 32.8 Å². The van der Waals surface area contributed by atoms with E-state index >= 15 is 0 Å². The third-order valence-corrected chi connectivity index (χ3v) is 8.19. The van der Waals surface area contributed by atoms with E-state index in [1.54, 1.807) is 7.11 Å². The van der Waals surface area contributed by atoms with E-state index in [1.165, 1.54) is 34.4 Å². The van der Waals surface area contributed by atoms with Crippen LogP contribution < -0.4 is 4.74 Å². The molecule has 2 aliphatic rings. The first-order chi connectivity index (χ1) is 16.0. The maximum absolute atomic E-state index is 13.2. The maximum atomic E-state index is 13.2. The van der Waals surface area contributed by atoms with Gasteiger partial charge < -0.3 is 18.8 Å². The molecule has 1 saturated carbocycles. The van der Waals surface area contributed by atoms with Crippen LogP contribution in [0.4, 0.5) is 0 Å². The van der Waals surface area contributed by atoms with Gasteiger partial charge in [-0.15, -0.1) is 11.3 Å². The van der Waals surface area contributed by atoms with Crippen LogP contribution >= 0.6 is 11.3 Å². The number of nitrogens with zero attached hydrogens (tertiary/aromatic N) is 4. The average Bonchev–Trinajstić information content (AvgIpc) is 3.38. The van der Waals surface area contributed by atoms with Crippen molar-refractivity contribution in [3.8, 4) is 17.3 Å². The highest BCUT2D eigenvalue weighted by Gasteiger charge is 2.27. The van der Waals surface area contributed by atoms with Crippen molar-refractivity contribution < 1.29 is 9.53 Å². The number of benzene rings is 1. The second-order valence-electron chi connectivity index (χ2n) is 9.59. The molecule has 33 heavy (non-hydrogen) atoms. The lowest BCUT2D eigenvalue weighted by atomic mass is 10.1. The number of imidazole rings is 1. The number of piperidine rings is 1. The Hall–Kier alpha value is -2.80. The fourth-order valence-corrected chi connectivity index (χ4v) is 6.20. The van der Waals surface area contributed by atoms with Crippen molar-refractivity contribution in [3.05, 3.63) is 34.7 Å². The molecule has 3 aromatic heterocycles. The third kappa shape index (κ3) is 3.53. The first-order valence-electron chi connectivity index (χ1n) is 12.0. The van der Waals surface area contributed by atoms with Crippen LogP contribution in [0.5, 0.6) is 5.75 Å². The number of likely N-dealkylation sites (tertiary alicyclic amines) is 1. The molecule has 1 aliphatic carbocycles. The van der Waals surface area contributed by atoms with Gasteiger partial charge >= 0.3 is 0 Å². The molecule has 6 rings (SSSR count).